The molecule has 0 bridgehead atoms. The minimum Gasteiger partial charge on any atom is -0.121 e. The van der Waals surface area contributed by atoms with Crippen molar-refractivity contribution >= 4 is 38.9 Å². The summed E-state index contributed by atoms with van der Waals surface area (Å²) >= 11 is 1.80. The lowest BCUT2D eigenvalue weighted by Crippen LogP contribution is -1.82. The van der Waals surface area contributed by atoms with E-state index in [9.17, 15) is 0 Å². The lowest BCUT2D eigenvalue weighted by molar-refractivity contribution is 1.62. The Labute approximate surface area is 96.6 Å². The Kier molecular flexibility index (Phi) is 3.31. The van der Waals surface area contributed by atoms with E-state index in [1.54, 1.807) is 22.6 Å². The van der Waals surface area contributed by atoms with Gasteiger partial charge in [0.1, 0.15) is 0 Å². The topological polar surface area (TPSA) is 0 Å². The first kappa shape index (κ1) is 10.3. The smallest absolute Gasteiger partial charge is 0.0601 e. The van der Waals surface area contributed by atoms with Crippen LogP contribution in [-0.4, -0.2) is 6.26 Å². The average molecular weight is 238 g/mol. The molecule has 0 unspecified atom stereocenters. The molecule has 0 N–H and O–H groups in total. The van der Waals surface area contributed by atoms with Crippen molar-refractivity contribution < 1.29 is 0 Å². The molecule has 0 aliphatic carbocycles. The third kappa shape index (κ3) is 1.90. The van der Waals surface area contributed by atoms with Crippen LogP contribution in [0, 0.1) is 0 Å². The Morgan fingerprint density at radius 3 is 2.50 bits per heavy atom. The van der Waals surface area contributed by atoms with E-state index in [2.05, 4.69) is 37.1 Å². The molecule has 0 atom stereocenters. The fourth-order valence-electron chi connectivity index (χ4n) is 1.31. The van der Waals surface area contributed by atoms with Crippen LogP contribution in [0.1, 0.15) is 5.56 Å². The number of rotatable bonds is 2. The van der Waals surface area contributed by atoms with E-state index in [1.807, 2.05) is 16.9 Å². The quantitative estimate of drug-likeness (QED) is 0.690. The Morgan fingerprint density at radius 1 is 1.14 bits per heavy atom. The van der Waals surface area contributed by atoms with Gasteiger partial charge in [0.25, 0.3) is 0 Å². The zero-order valence-corrected chi connectivity index (χ0v) is 10.3. The van der Waals surface area contributed by atoms with Crippen LogP contribution < -0.4 is 0 Å². The second kappa shape index (κ2) is 4.51. The standard InChI is InChI=1S/C11H10S3/c1-8-10(11(12-2)14-13-8)9-6-4-3-5-7-9/h3-7H,1H2,2H3. The number of hydrogen-bond donors (Lipinski definition) is 0. The second-order valence-corrected chi connectivity index (χ2v) is 6.13. The summed E-state index contributed by atoms with van der Waals surface area (Å²) < 4.78 is 1.37. The van der Waals surface area contributed by atoms with Gasteiger partial charge in [0, 0.05) is 10.5 Å². The van der Waals surface area contributed by atoms with Gasteiger partial charge < -0.3 is 0 Å². The van der Waals surface area contributed by atoms with Crippen molar-refractivity contribution in [1.82, 2.24) is 0 Å². The summed E-state index contributed by atoms with van der Waals surface area (Å²) in [5.74, 6) is 0. The Morgan fingerprint density at radius 2 is 1.86 bits per heavy atom. The first-order valence-corrected chi connectivity index (χ1v) is 7.58. The summed E-state index contributed by atoms with van der Waals surface area (Å²) in [5.41, 5.74) is 2.59. The lowest BCUT2D eigenvalue weighted by atomic mass is 10.1. The van der Waals surface area contributed by atoms with Crippen LogP contribution in [0.3, 0.4) is 0 Å². The van der Waals surface area contributed by atoms with Gasteiger partial charge in [-0.15, -0.1) is 11.8 Å². The van der Waals surface area contributed by atoms with Gasteiger partial charge >= 0.3 is 0 Å². The summed E-state index contributed by atoms with van der Waals surface area (Å²) in [6, 6.07) is 10.5. The first-order chi connectivity index (χ1) is 6.83. The van der Waals surface area contributed by atoms with Gasteiger partial charge in [0.05, 0.1) is 4.24 Å². The molecule has 1 aliphatic heterocycles. The van der Waals surface area contributed by atoms with E-state index < -0.39 is 0 Å². The molecule has 1 heterocycles. The minimum atomic E-state index is 1.17. The van der Waals surface area contributed by atoms with Crippen LogP contribution in [0.2, 0.25) is 0 Å². The van der Waals surface area contributed by atoms with E-state index in [-0.39, 0.29) is 0 Å². The van der Waals surface area contributed by atoms with E-state index in [0.29, 0.717) is 0 Å². The van der Waals surface area contributed by atoms with Crippen LogP contribution in [-0.2, 0) is 0 Å². The van der Waals surface area contributed by atoms with E-state index in [4.69, 9.17) is 0 Å². The van der Waals surface area contributed by atoms with Crippen LogP contribution in [0.5, 0.6) is 0 Å². The monoisotopic (exact) mass is 238 g/mol. The van der Waals surface area contributed by atoms with Crippen LogP contribution in [0.4, 0.5) is 0 Å². The molecule has 0 spiro atoms. The maximum Gasteiger partial charge on any atom is 0.0601 e. The SMILES string of the molecule is C=C1SSC(SC)=C1c1ccccc1. The predicted octanol–water partition coefficient (Wildman–Crippen LogP) is 4.63. The molecule has 1 aliphatic rings. The van der Waals surface area contributed by atoms with Crippen molar-refractivity contribution in [3.05, 3.63) is 51.6 Å². The average Bonchev–Trinajstić information content (AvgIpc) is 2.61. The van der Waals surface area contributed by atoms with Crippen molar-refractivity contribution in [2.24, 2.45) is 0 Å². The van der Waals surface area contributed by atoms with Gasteiger partial charge in [-0.05, 0) is 22.6 Å². The highest BCUT2D eigenvalue weighted by Crippen LogP contribution is 2.55. The fourth-order valence-corrected chi connectivity index (χ4v) is 4.90. The highest BCUT2D eigenvalue weighted by atomic mass is 33.1. The normalized spacial score (nSPS) is 16.5. The molecule has 0 amide bonds. The minimum absolute atomic E-state index is 1.17. The molecule has 0 saturated carbocycles. The molecule has 0 saturated heterocycles. The van der Waals surface area contributed by atoms with Gasteiger partial charge in [-0.2, -0.15) is 0 Å². The summed E-state index contributed by atoms with van der Waals surface area (Å²) in [6.07, 6.45) is 2.12. The maximum atomic E-state index is 4.08. The highest BCUT2D eigenvalue weighted by Gasteiger charge is 2.20. The largest absolute Gasteiger partial charge is 0.121 e. The zero-order valence-electron chi connectivity index (χ0n) is 7.82. The van der Waals surface area contributed by atoms with Crippen LogP contribution in [0.15, 0.2) is 46.1 Å². The van der Waals surface area contributed by atoms with Gasteiger partial charge in [-0.1, -0.05) is 47.7 Å². The maximum absolute atomic E-state index is 4.08. The molecular formula is C11H10S3. The van der Waals surface area contributed by atoms with E-state index >= 15 is 0 Å². The molecule has 3 heteroatoms. The van der Waals surface area contributed by atoms with Crippen molar-refractivity contribution in [2.45, 2.75) is 0 Å². The van der Waals surface area contributed by atoms with Crippen LogP contribution in [0.25, 0.3) is 5.57 Å². The molecule has 1 aromatic carbocycles. The molecule has 1 aromatic rings. The number of thioether (sulfide) groups is 1. The molecule has 0 nitrogen and oxygen atoms in total. The third-order valence-electron chi connectivity index (χ3n) is 1.95. The molecule has 72 valence electrons. The second-order valence-electron chi connectivity index (χ2n) is 2.82. The van der Waals surface area contributed by atoms with Gasteiger partial charge in [-0.3, -0.25) is 0 Å². The fraction of sp³-hybridized carbons (Fsp3) is 0.0909. The predicted molar refractivity (Wildman–Crippen MR) is 71.2 cm³/mol. The van der Waals surface area contributed by atoms with E-state index in [1.165, 1.54) is 20.3 Å². The Hall–Kier alpha value is -0.250. The summed E-state index contributed by atoms with van der Waals surface area (Å²) in [7, 11) is 3.57. The molecular weight excluding hydrogens is 228 g/mol. The highest BCUT2D eigenvalue weighted by molar-refractivity contribution is 8.82. The molecule has 0 fully saturated rings. The zero-order chi connectivity index (χ0) is 9.97. The lowest BCUT2D eigenvalue weighted by Gasteiger charge is -2.04. The van der Waals surface area contributed by atoms with Crippen LogP contribution >= 0.6 is 33.3 Å². The number of benzene rings is 1. The number of hydrogen-bond acceptors (Lipinski definition) is 3. The molecule has 14 heavy (non-hydrogen) atoms. The Bertz CT molecular complexity index is 379. The molecule has 2 rings (SSSR count). The van der Waals surface area contributed by atoms with Crippen molar-refractivity contribution in [3.63, 3.8) is 0 Å². The Balaban J connectivity index is 2.46. The third-order valence-corrected chi connectivity index (χ3v) is 5.79. The van der Waals surface area contributed by atoms with Crippen molar-refractivity contribution in [1.29, 1.82) is 0 Å². The van der Waals surface area contributed by atoms with Crippen molar-refractivity contribution in [2.75, 3.05) is 6.26 Å². The summed E-state index contributed by atoms with van der Waals surface area (Å²) in [4.78, 5) is 1.17. The van der Waals surface area contributed by atoms with Gasteiger partial charge in [0.15, 0.2) is 0 Å². The van der Waals surface area contributed by atoms with Gasteiger partial charge in [0.2, 0.25) is 0 Å². The van der Waals surface area contributed by atoms with E-state index in [0.717, 1.165) is 0 Å². The number of allylic oxidation sites excluding steroid dienone is 1. The van der Waals surface area contributed by atoms with Gasteiger partial charge in [-0.25, -0.2) is 0 Å². The summed E-state index contributed by atoms with van der Waals surface area (Å²) in [5, 5.41) is 0. The van der Waals surface area contributed by atoms with Crippen molar-refractivity contribution in [3.8, 4) is 0 Å². The molecule has 0 radical (unpaired) electrons. The summed E-state index contributed by atoms with van der Waals surface area (Å²) in [6.45, 7) is 4.08. The first-order valence-electron chi connectivity index (χ1n) is 4.20. The molecule has 0 aromatic heterocycles.